The third-order valence-corrected chi connectivity index (χ3v) is 3.57. The Labute approximate surface area is 107 Å². The normalized spacial score (nSPS) is 10.5. The van der Waals surface area contributed by atoms with Crippen LogP contribution in [0.4, 0.5) is 0 Å². The Morgan fingerprint density at radius 1 is 1.29 bits per heavy atom. The van der Waals surface area contributed by atoms with Crippen molar-refractivity contribution in [3.8, 4) is 5.75 Å². The van der Waals surface area contributed by atoms with Gasteiger partial charge in [0.15, 0.2) is 0 Å². The number of benzene rings is 1. The van der Waals surface area contributed by atoms with Crippen LogP contribution in [0.15, 0.2) is 29.2 Å². The Kier molecular flexibility index (Phi) is 5.91. The molecule has 4 heteroatoms. The first-order valence-corrected chi connectivity index (χ1v) is 6.85. The number of carbonyl (C=O) groups excluding carboxylic acids is 1. The lowest BCUT2D eigenvalue weighted by Gasteiger charge is -2.14. The number of aromatic hydroxyl groups is 1. The highest BCUT2D eigenvalue weighted by Gasteiger charge is 2.08. The van der Waals surface area contributed by atoms with Crippen LogP contribution in [0.5, 0.6) is 5.75 Å². The van der Waals surface area contributed by atoms with E-state index in [0.29, 0.717) is 5.75 Å². The molecule has 0 bridgehead atoms. The van der Waals surface area contributed by atoms with E-state index in [4.69, 9.17) is 5.11 Å². The second kappa shape index (κ2) is 7.22. The van der Waals surface area contributed by atoms with Gasteiger partial charge in [0.1, 0.15) is 5.75 Å². The van der Waals surface area contributed by atoms with E-state index >= 15 is 0 Å². The number of nitrogens with one attached hydrogen (secondary N) is 1. The first-order chi connectivity index (χ1) is 8.15. The highest BCUT2D eigenvalue weighted by molar-refractivity contribution is 8.00. The summed E-state index contributed by atoms with van der Waals surface area (Å²) in [6, 6.07) is 7.15. The quantitative estimate of drug-likeness (QED) is 0.766. The fourth-order valence-electron chi connectivity index (χ4n) is 1.45. The van der Waals surface area contributed by atoms with Gasteiger partial charge in [0.25, 0.3) is 0 Å². The molecule has 0 fully saturated rings. The van der Waals surface area contributed by atoms with Crippen LogP contribution < -0.4 is 5.32 Å². The van der Waals surface area contributed by atoms with E-state index in [9.17, 15) is 4.79 Å². The lowest BCUT2D eigenvalue weighted by molar-refractivity contribution is -0.119. The van der Waals surface area contributed by atoms with Gasteiger partial charge in [-0.1, -0.05) is 13.8 Å². The molecule has 0 aliphatic heterocycles. The van der Waals surface area contributed by atoms with Crippen molar-refractivity contribution in [1.29, 1.82) is 0 Å². The molecule has 0 atom stereocenters. The molecular weight excluding hydrogens is 234 g/mol. The van der Waals surface area contributed by atoms with Gasteiger partial charge in [0.05, 0.1) is 5.75 Å². The zero-order chi connectivity index (χ0) is 12.7. The van der Waals surface area contributed by atoms with Gasteiger partial charge in [-0.05, 0) is 37.1 Å². The molecule has 0 aliphatic rings. The molecule has 0 radical (unpaired) electrons. The minimum atomic E-state index is 0.0665. The van der Waals surface area contributed by atoms with Crippen LogP contribution in [0.3, 0.4) is 0 Å². The summed E-state index contributed by atoms with van der Waals surface area (Å²) in [5, 5.41) is 12.1. The first kappa shape index (κ1) is 13.9. The number of carbonyl (C=O) groups is 1. The maximum Gasteiger partial charge on any atom is 0.230 e. The summed E-state index contributed by atoms with van der Waals surface area (Å²) in [6.45, 7) is 4.14. The smallest absolute Gasteiger partial charge is 0.230 e. The van der Waals surface area contributed by atoms with Crippen LogP contribution in [0.2, 0.25) is 0 Å². The fraction of sp³-hybridized carbons (Fsp3) is 0.462. The number of phenols is 1. The molecule has 0 saturated heterocycles. The summed E-state index contributed by atoms with van der Waals surface area (Å²) in [6.07, 6.45) is 1.93. The summed E-state index contributed by atoms with van der Waals surface area (Å²) >= 11 is 1.48. The molecule has 94 valence electrons. The zero-order valence-corrected chi connectivity index (χ0v) is 11.1. The van der Waals surface area contributed by atoms with Gasteiger partial charge in [-0.2, -0.15) is 0 Å². The molecule has 1 aromatic carbocycles. The first-order valence-electron chi connectivity index (χ1n) is 5.86. The van der Waals surface area contributed by atoms with Crippen LogP contribution in [0, 0.1) is 0 Å². The van der Waals surface area contributed by atoms with Crippen LogP contribution in [-0.4, -0.2) is 22.8 Å². The Hall–Kier alpha value is -1.16. The van der Waals surface area contributed by atoms with Gasteiger partial charge in [0.2, 0.25) is 5.91 Å². The largest absolute Gasteiger partial charge is 0.508 e. The summed E-state index contributed by atoms with van der Waals surface area (Å²) in [5.41, 5.74) is 0. The predicted octanol–water partition coefficient (Wildman–Crippen LogP) is 2.79. The van der Waals surface area contributed by atoms with Crippen LogP contribution in [-0.2, 0) is 4.79 Å². The molecule has 2 N–H and O–H groups in total. The van der Waals surface area contributed by atoms with E-state index in [1.54, 1.807) is 12.1 Å². The molecular formula is C13H19NO2S. The van der Waals surface area contributed by atoms with Crippen molar-refractivity contribution in [2.75, 3.05) is 5.75 Å². The van der Waals surface area contributed by atoms with Crippen molar-refractivity contribution in [1.82, 2.24) is 5.32 Å². The van der Waals surface area contributed by atoms with Crippen LogP contribution >= 0.6 is 11.8 Å². The Balaban J connectivity index is 2.35. The van der Waals surface area contributed by atoms with E-state index in [1.807, 2.05) is 12.1 Å². The van der Waals surface area contributed by atoms with E-state index in [-0.39, 0.29) is 17.7 Å². The molecule has 0 saturated carbocycles. The van der Waals surface area contributed by atoms with Gasteiger partial charge < -0.3 is 10.4 Å². The summed E-state index contributed by atoms with van der Waals surface area (Å²) < 4.78 is 0. The van der Waals surface area contributed by atoms with E-state index in [2.05, 4.69) is 19.2 Å². The fourth-order valence-corrected chi connectivity index (χ4v) is 2.16. The van der Waals surface area contributed by atoms with Crippen molar-refractivity contribution >= 4 is 17.7 Å². The number of hydrogen-bond acceptors (Lipinski definition) is 3. The van der Waals surface area contributed by atoms with Crippen molar-refractivity contribution in [2.24, 2.45) is 0 Å². The second-order valence-electron chi connectivity index (χ2n) is 3.86. The van der Waals surface area contributed by atoms with Crippen LogP contribution in [0.25, 0.3) is 0 Å². The molecule has 0 heterocycles. The lowest BCUT2D eigenvalue weighted by Crippen LogP contribution is -2.34. The van der Waals surface area contributed by atoms with Gasteiger partial charge in [0, 0.05) is 10.9 Å². The number of hydrogen-bond donors (Lipinski definition) is 2. The Morgan fingerprint density at radius 2 is 1.88 bits per heavy atom. The number of rotatable bonds is 6. The molecule has 17 heavy (non-hydrogen) atoms. The molecule has 1 amide bonds. The molecule has 0 aliphatic carbocycles. The van der Waals surface area contributed by atoms with Crippen molar-refractivity contribution in [3.05, 3.63) is 24.3 Å². The molecule has 1 rings (SSSR count). The van der Waals surface area contributed by atoms with Gasteiger partial charge in [-0.25, -0.2) is 0 Å². The molecule has 0 spiro atoms. The van der Waals surface area contributed by atoms with Crippen molar-refractivity contribution < 1.29 is 9.90 Å². The maximum atomic E-state index is 11.6. The van der Waals surface area contributed by atoms with Gasteiger partial charge >= 0.3 is 0 Å². The van der Waals surface area contributed by atoms with E-state index in [0.717, 1.165) is 17.7 Å². The average Bonchev–Trinajstić information content (AvgIpc) is 2.35. The predicted molar refractivity (Wildman–Crippen MR) is 71.3 cm³/mol. The highest BCUT2D eigenvalue weighted by atomic mass is 32.2. The third kappa shape index (κ3) is 5.13. The lowest BCUT2D eigenvalue weighted by atomic mass is 10.2. The molecule has 0 aromatic heterocycles. The summed E-state index contributed by atoms with van der Waals surface area (Å²) in [7, 11) is 0. The number of amides is 1. The third-order valence-electron chi connectivity index (χ3n) is 2.56. The molecule has 1 aromatic rings. The standard InChI is InChI=1S/C13H19NO2S/c1-3-10(4-2)14-13(16)9-17-12-7-5-11(15)6-8-12/h5-8,10,15H,3-4,9H2,1-2H3,(H,14,16). The average molecular weight is 253 g/mol. The van der Waals surface area contributed by atoms with Crippen molar-refractivity contribution in [2.45, 2.75) is 37.6 Å². The van der Waals surface area contributed by atoms with E-state index in [1.165, 1.54) is 11.8 Å². The number of thioether (sulfide) groups is 1. The summed E-state index contributed by atoms with van der Waals surface area (Å²) in [4.78, 5) is 12.6. The molecule has 3 nitrogen and oxygen atoms in total. The topological polar surface area (TPSA) is 49.3 Å². The SMILES string of the molecule is CCC(CC)NC(=O)CSc1ccc(O)cc1. The van der Waals surface area contributed by atoms with Gasteiger partial charge in [-0.3, -0.25) is 4.79 Å². The maximum absolute atomic E-state index is 11.6. The molecule has 0 unspecified atom stereocenters. The van der Waals surface area contributed by atoms with Crippen LogP contribution in [0.1, 0.15) is 26.7 Å². The Morgan fingerprint density at radius 3 is 2.41 bits per heavy atom. The summed E-state index contributed by atoms with van der Waals surface area (Å²) in [5.74, 6) is 0.731. The minimum absolute atomic E-state index is 0.0665. The highest BCUT2D eigenvalue weighted by Crippen LogP contribution is 2.20. The Bertz CT molecular complexity index is 347. The van der Waals surface area contributed by atoms with E-state index < -0.39 is 0 Å². The zero-order valence-electron chi connectivity index (χ0n) is 10.3. The van der Waals surface area contributed by atoms with Gasteiger partial charge in [-0.15, -0.1) is 11.8 Å². The second-order valence-corrected chi connectivity index (χ2v) is 4.91. The van der Waals surface area contributed by atoms with Crippen molar-refractivity contribution in [3.63, 3.8) is 0 Å². The number of phenolic OH excluding ortho intramolecular Hbond substituents is 1. The monoisotopic (exact) mass is 253 g/mol. The minimum Gasteiger partial charge on any atom is -0.508 e.